The first-order valence-corrected chi connectivity index (χ1v) is 8.64. The minimum Gasteiger partial charge on any atom is -0.272 e. The predicted octanol–water partition coefficient (Wildman–Crippen LogP) is 3.90. The van der Waals surface area contributed by atoms with E-state index in [9.17, 15) is 14.9 Å². The first-order chi connectivity index (χ1) is 12.9. The Hall–Kier alpha value is -3.33. The maximum atomic E-state index is 12.2. The van der Waals surface area contributed by atoms with Crippen molar-refractivity contribution < 1.29 is 9.72 Å². The van der Waals surface area contributed by atoms with Crippen molar-refractivity contribution in [3.8, 4) is 11.3 Å². The molecule has 0 aliphatic heterocycles. The second-order valence-electron chi connectivity index (χ2n) is 5.62. The largest absolute Gasteiger partial charge is 0.289 e. The van der Waals surface area contributed by atoms with Crippen LogP contribution in [0, 0.1) is 10.1 Å². The zero-order valence-corrected chi connectivity index (χ0v) is 15.7. The Morgan fingerprint density at radius 3 is 2.67 bits per heavy atom. The number of hydrogen-bond donors (Lipinski definition) is 2. The van der Waals surface area contributed by atoms with Gasteiger partial charge in [0.2, 0.25) is 0 Å². The summed E-state index contributed by atoms with van der Waals surface area (Å²) in [5, 5.41) is 21.7. The predicted molar refractivity (Wildman–Crippen MR) is 104 cm³/mol. The summed E-state index contributed by atoms with van der Waals surface area (Å²) in [5.41, 5.74) is 5.12. The minimum absolute atomic E-state index is 0.0407. The molecule has 2 aromatic carbocycles. The van der Waals surface area contributed by atoms with Gasteiger partial charge in [-0.2, -0.15) is 10.2 Å². The van der Waals surface area contributed by atoms with E-state index in [1.165, 1.54) is 12.1 Å². The lowest BCUT2D eigenvalue weighted by Gasteiger charge is -2.02. The monoisotopic (exact) mass is 427 g/mol. The van der Waals surface area contributed by atoms with Crippen molar-refractivity contribution in [1.82, 2.24) is 15.6 Å². The number of benzene rings is 2. The highest BCUT2D eigenvalue weighted by Crippen LogP contribution is 2.20. The molecule has 3 aromatic rings. The zero-order chi connectivity index (χ0) is 19.4. The molecule has 3 rings (SSSR count). The van der Waals surface area contributed by atoms with Crippen LogP contribution in [0.5, 0.6) is 0 Å². The molecule has 9 heteroatoms. The number of nitro benzene ring substituents is 1. The molecule has 8 nitrogen and oxygen atoms in total. The SMILES string of the molecule is CC(=NNC(=O)c1cc(-c2ccc(Br)cc2)n[nH]1)c1cccc([N+](=O)[O-])c1. The van der Waals surface area contributed by atoms with E-state index in [-0.39, 0.29) is 11.4 Å². The molecule has 1 heterocycles. The summed E-state index contributed by atoms with van der Waals surface area (Å²) in [6.45, 7) is 1.65. The van der Waals surface area contributed by atoms with Crippen molar-refractivity contribution in [3.63, 3.8) is 0 Å². The summed E-state index contributed by atoms with van der Waals surface area (Å²) in [7, 11) is 0. The maximum Gasteiger partial charge on any atom is 0.289 e. The minimum atomic E-state index is -0.483. The van der Waals surface area contributed by atoms with E-state index in [0.29, 0.717) is 17.0 Å². The molecule has 0 aliphatic rings. The second kappa shape index (κ2) is 7.92. The van der Waals surface area contributed by atoms with Crippen molar-refractivity contribution >= 4 is 33.2 Å². The van der Waals surface area contributed by atoms with Crippen molar-refractivity contribution in [1.29, 1.82) is 0 Å². The van der Waals surface area contributed by atoms with E-state index >= 15 is 0 Å². The number of aromatic amines is 1. The van der Waals surface area contributed by atoms with E-state index in [2.05, 4.69) is 36.7 Å². The van der Waals surface area contributed by atoms with Crippen molar-refractivity contribution in [3.05, 3.63) is 80.4 Å². The summed E-state index contributed by atoms with van der Waals surface area (Å²) in [6, 6.07) is 15.2. The number of nitro groups is 1. The average molecular weight is 428 g/mol. The van der Waals surface area contributed by atoms with Crippen LogP contribution in [0.1, 0.15) is 23.0 Å². The number of non-ortho nitro benzene ring substituents is 1. The van der Waals surface area contributed by atoms with Crippen molar-refractivity contribution in [2.75, 3.05) is 0 Å². The number of nitrogens with zero attached hydrogens (tertiary/aromatic N) is 3. The van der Waals surface area contributed by atoms with Crippen molar-refractivity contribution in [2.24, 2.45) is 5.10 Å². The first kappa shape index (κ1) is 18.5. The molecule has 0 spiro atoms. The number of amides is 1. The van der Waals surface area contributed by atoms with Crippen LogP contribution < -0.4 is 5.43 Å². The van der Waals surface area contributed by atoms with Gasteiger partial charge in [-0.05, 0) is 25.1 Å². The lowest BCUT2D eigenvalue weighted by Crippen LogP contribution is -2.19. The van der Waals surface area contributed by atoms with Crippen LogP contribution >= 0.6 is 15.9 Å². The summed E-state index contributed by atoms with van der Waals surface area (Å²) < 4.78 is 0.950. The maximum absolute atomic E-state index is 12.2. The molecular formula is C18H14BrN5O3. The molecule has 0 aliphatic carbocycles. The van der Waals surface area contributed by atoms with Gasteiger partial charge in [-0.3, -0.25) is 20.0 Å². The van der Waals surface area contributed by atoms with Gasteiger partial charge in [0.15, 0.2) is 0 Å². The Labute approximate surface area is 162 Å². The van der Waals surface area contributed by atoms with Gasteiger partial charge in [-0.25, -0.2) is 5.43 Å². The third-order valence-corrected chi connectivity index (χ3v) is 4.29. The molecule has 136 valence electrons. The number of halogens is 1. The van der Waals surface area contributed by atoms with Gasteiger partial charge in [0, 0.05) is 27.7 Å². The van der Waals surface area contributed by atoms with Gasteiger partial charge in [0.1, 0.15) is 5.69 Å². The van der Waals surface area contributed by atoms with Gasteiger partial charge in [0.05, 0.1) is 16.3 Å². The quantitative estimate of drug-likeness (QED) is 0.365. The number of nitrogens with one attached hydrogen (secondary N) is 2. The number of rotatable bonds is 5. The van der Waals surface area contributed by atoms with Gasteiger partial charge in [-0.1, -0.05) is 40.2 Å². The number of aromatic nitrogens is 2. The van der Waals surface area contributed by atoms with E-state index in [1.807, 2.05) is 24.3 Å². The van der Waals surface area contributed by atoms with Crippen LogP contribution in [0.25, 0.3) is 11.3 Å². The lowest BCUT2D eigenvalue weighted by molar-refractivity contribution is -0.384. The fourth-order valence-electron chi connectivity index (χ4n) is 2.31. The summed E-state index contributed by atoms with van der Waals surface area (Å²) in [4.78, 5) is 22.6. The summed E-state index contributed by atoms with van der Waals surface area (Å²) in [6.07, 6.45) is 0. The van der Waals surface area contributed by atoms with Crippen LogP contribution in [-0.4, -0.2) is 26.7 Å². The topological polar surface area (TPSA) is 113 Å². The van der Waals surface area contributed by atoms with Crippen LogP contribution in [0.4, 0.5) is 5.69 Å². The second-order valence-corrected chi connectivity index (χ2v) is 6.54. The van der Waals surface area contributed by atoms with Gasteiger partial charge < -0.3 is 0 Å². The van der Waals surface area contributed by atoms with E-state index in [0.717, 1.165) is 10.0 Å². The smallest absolute Gasteiger partial charge is 0.272 e. The molecule has 0 atom stereocenters. The molecule has 0 radical (unpaired) electrons. The Morgan fingerprint density at radius 1 is 1.22 bits per heavy atom. The fraction of sp³-hybridized carbons (Fsp3) is 0.0556. The number of carbonyl (C=O) groups excluding carboxylic acids is 1. The highest BCUT2D eigenvalue weighted by atomic mass is 79.9. The van der Waals surface area contributed by atoms with E-state index in [4.69, 9.17) is 0 Å². The molecule has 0 saturated carbocycles. The molecule has 0 bridgehead atoms. The highest BCUT2D eigenvalue weighted by molar-refractivity contribution is 9.10. The van der Waals surface area contributed by atoms with Gasteiger partial charge >= 0.3 is 0 Å². The van der Waals surface area contributed by atoms with Gasteiger partial charge in [0.25, 0.3) is 11.6 Å². The van der Waals surface area contributed by atoms with Crippen molar-refractivity contribution in [2.45, 2.75) is 6.92 Å². The van der Waals surface area contributed by atoms with E-state index in [1.54, 1.807) is 25.1 Å². The van der Waals surface area contributed by atoms with E-state index < -0.39 is 10.8 Å². The molecule has 27 heavy (non-hydrogen) atoms. The molecule has 0 unspecified atom stereocenters. The molecule has 1 aromatic heterocycles. The third kappa shape index (κ3) is 4.45. The normalized spacial score (nSPS) is 11.3. The number of hydrazone groups is 1. The first-order valence-electron chi connectivity index (χ1n) is 7.85. The number of hydrogen-bond acceptors (Lipinski definition) is 5. The molecule has 2 N–H and O–H groups in total. The number of H-pyrrole nitrogens is 1. The Bertz CT molecular complexity index is 1030. The van der Waals surface area contributed by atoms with Crippen LogP contribution in [-0.2, 0) is 0 Å². The zero-order valence-electron chi connectivity index (χ0n) is 14.1. The Kier molecular flexibility index (Phi) is 5.41. The van der Waals surface area contributed by atoms with Crippen LogP contribution in [0.3, 0.4) is 0 Å². The standard InChI is InChI=1S/C18H14BrN5O3/c1-11(13-3-2-4-15(9-13)24(26)27)20-23-18(25)17-10-16(21-22-17)12-5-7-14(19)8-6-12/h2-10H,1H3,(H,21,22)(H,23,25). The third-order valence-electron chi connectivity index (χ3n) is 3.76. The lowest BCUT2D eigenvalue weighted by atomic mass is 10.1. The van der Waals surface area contributed by atoms with Gasteiger partial charge in [-0.15, -0.1) is 0 Å². The molecular weight excluding hydrogens is 414 g/mol. The molecule has 0 saturated heterocycles. The van der Waals surface area contributed by atoms with Crippen LogP contribution in [0.15, 0.2) is 64.2 Å². The Balaban J connectivity index is 1.72. The highest BCUT2D eigenvalue weighted by Gasteiger charge is 2.12. The summed E-state index contributed by atoms with van der Waals surface area (Å²) >= 11 is 3.37. The van der Waals surface area contributed by atoms with Crippen LogP contribution in [0.2, 0.25) is 0 Å². The molecule has 1 amide bonds. The fourth-order valence-corrected chi connectivity index (χ4v) is 2.57. The average Bonchev–Trinajstić information content (AvgIpc) is 3.16. The number of carbonyl (C=O) groups is 1. The molecule has 0 fully saturated rings. The Morgan fingerprint density at radius 2 is 1.96 bits per heavy atom. The summed E-state index contributed by atoms with van der Waals surface area (Å²) in [5.74, 6) is -0.462.